The second kappa shape index (κ2) is 8.70. The van der Waals surface area contributed by atoms with E-state index in [1.165, 1.54) is 0 Å². The SMILES string of the molecule is CCOCCOc1ccc(P=C([O-])c2ccccc2)c(C)c1. The molecule has 0 amide bonds. The monoisotopic (exact) mass is 315 g/mol. The highest BCUT2D eigenvalue weighted by atomic mass is 31.1. The molecule has 0 radical (unpaired) electrons. The molecule has 2 aromatic rings. The van der Waals surface area contributed by atoms with Crippen molar-refractivity contribution >= 4 is 19.0 Å². The van der Waals surface area contributed by atoms with Crippen LogP contribution in [0.2, 0.25) is 0 Å². The third kappa shape index (κ3) is 4.96. The van der Waals surface area contributed by atoms with Crippen molar-refractivity contribution in [3.05, 3.63) is 59.7 Å². The second-order valence-corrected chi connectivity index (χ2v) is 5.89. The van der Waals surface area contributed by atoms with Crippen LogP contribution < -0.4 is 15.1 Å². The van der Waals surface area contributed by atoms with Gasteiger partial charge < -0.3 is 14.6 Å². The van der Waals surface area contributed by atoms with Crippen LogP contribution in [0.25, 0.3) is 0 Å². The molecule has 0 saturated carbocycles. The van der Waals surface area contributed by atoms with Crippen LogP contribution >= 0.6 is 8.20 Å². The lowest BCUT2D eigenvalue weighted by Crippen LogP contribution is -2.18. The summed E-state index contributed by atoms with van der Waals surface area (Å²) in [6.45, 7) is 5.77. The van der Waals surface area contributed by atoms with Gasteiger partial charge in [0.05, 0.1) is 6.61 Å². The van der Waals surface area contributed by atoms with Gasteiger partial charge in [0.15, 0.2) is 0 Å². The number of rotatable bonds is 7. The zero-order chi connectivity index (χ0) is 15.8. The lowest BCUT2D eigenvalue weighted by atomic mass is 10.2. The molecule has 0 aliphatic rings. The fourth-order valence-corrected chi connectivity index (χ4v) is 2.85. The molecule has 0 spiro atoms. The van der Waals surface area contributed by atoms with Crippen LogP contribution in [0.1, 0.15) is 18.1 Å². The standard InChI is InChI=1S/C18H21O3P/c1-3-20-11-12-21-16-9-10-17(14(2)13-16)22-18(19)15-7-5-4-6-8-15/h4-10,13,19H,3,11-12H2,1-2H3/p-1. The molecular weight excluding hydrogens is 295 g/mol. The minimum Gasteiger partial charge on any atom is -0.823 e. The Balaban J connectivity index is 2.06. The van der Waals surface area contributed by atoms with E-state index in [0.717, 1.165) is 22.2 Å². The Bertz CT molecular complexity index is 623. The summed E-state index contributed by atoms with van der Waals surface area (Å²) in [6, 6.07) is 15.2. The Kier molecular flexibility index (Phi) is 6.60. The van der Waals surface area contributed by atoms with Crippen molar-refractivity contribution in [3.8, 4) is 5.75 Å². The van der Waals surface area contributed by atoms with Gasteiger partial charge in [0, 0.05) is 11.9 Å². The first-order chi connectivity index (χ1) is 10.7. The summed E-state index contributed by atoms with van der Waals surface area (Å²) in [6.07, 6.45) is 0. The van der Waals surface area contributed by atoms with Gasteiger partial charge in [0.25, 0.3) is 0 Å². The largest absolute Gasteiger partial charge is 0.823 e. The van der Waals surface area contributed by atoms with E-state index in [2.05, 4.69) is 0 Å². The van der Waals surface area contributed by atoms with Crippen molar-refractivity contribution in [2.45, 2.75) is 13.8 Å². The molecule has 0 N–H and O–H groups in total. The Hall–Kier alpha value is -1.67. The summed E-state index contributed by atoms with van der Waals surface area (Å²) in [5.41, 5.74) is 1.90. The summed E-state index contributed by atoms with van der Waals surface area (Å²) in [5.74, 6) is 0.809. The predicted molar refractivity (Wildman–Crippen MR) is 90.3 cm³/mol. The van der Waals surface area contributed by atoms with Crippen molar-refractivity contribution in [2.75, 3.05) is 19.8 Å². The summed E-state index contributed by atoms with van der Waals surface area (Å²) in [7, 11) is 0.689. The highest BCUT2D eigenvalue weighted by molar-refractivity contribution is 7.49. The highest BCUT2D eigenvalue weighted by Gasteiger charge is 2.00. The van der Waals surface area contributed by atoms with Gasteiger partial charge in [-0.15, -0.1) is 5.48 Å². The Morgan fingerprint density at radius 3 is 2.55 bits per heavy atom. The molecule has 4 heteroatoms. The van der Waals surface area contributed by atoms with E-state index in [9.17, 15) is 5.11 Å². The van der Waals surface area contributed by atoms with Gasteiger partial charge in [-0.3, -0.25) is 0 Å². The van der Waals surface area contributed by atoms with Crippen LogP contribution in [-0.4, -0.2) is 25.3 Å². The van der Waals surface area contributed by atoms with E-state index in [0.29, 0.717) is 28.0 Å². The van der Waals surface area contributed by atoms with Gasteiger partial charge in [0.2, 0.25) is 0 Å². The molecule has 2 aromatic carbocycles. The van der Waals surface area contributed by atoms with Gasteiger partial charge in [-0.1, -0.05) is 38.5 Å². The first-order valence-electron chi connectivity index (χ1n) is 7.33. The van der Waals surface area contributed by atoms with Crippen molar-refractivity contribution in [1.82, 2.24) is 0 Å². The highest BCUT2D eigenvalue weighted by Crippen LogP contribution is 2.16. The average Bonchev–Trinajstić information content (AvgIpc) is 2.55. The fraction of sp³-hybridized carbons (Fsp3) is 0.278. The summed E-state index contributed by atoms with van der Waals surface area (Å²) in [4.78, 5) is 0. The number of ether oxygens (including phenoxy) is 2. The number of hydrogen-bond donors (Lipinski definition) is 0. The van der Waals surface area contributed by atoms with Crippen molar-refractivity contribution < 1.29 is 14.6 Å². The zero-order valence-electron chi connectivity index (χ0n) is 12.9. The van der Waals surface area contributed by atoms with E-state index >= 15 is 0 Å². The molecule has 0 aliphatic heterocycles. The van der Waals surface area contributed by atoms with Crippen LogP contribution in [0.3, 0.4) is 0 Å². The molecule has 3 nitrogen and oxygen atoms in total. The average molecular weight is 315 g/mol. The summed E-state index contributed by atoms with van der Waals surface area (Å²) in [5, 5.41) is 13.2. The maximum absolute atomic E-state index is 12.2. The molecule has 0 aromatic heterocycles. The van der Waals surface area contributed by atoms with E-state index in [-0.39, 0.29) is 5.48 Å². The molecule has 116 valence electrons. The lowest BCUT2D eigenvalue weighted by molar-refractivity contribution is -0.207. The molecular formula is C18H20O3P-. The Morgan fingerprint density at radius 1 is 1.09 bits per heavy atom. The van der Waals surface area contributed by atoms with E-state index in [1.807, 2.05) is 62.4 Å². The number of hydrogen-bond acceptors (Lipinski definition) is 3. The molecule has 0 atom stereocenters. The molecule has 0 unspecified atom stereocenters. The minimum absolute atomic E-state index is 0.105. The zero-order valence-corrected chi connectivity index (χ0v) is 13.8. The van der Waals surface area contributed by atoms with Crippen molar-refractivity contribution in [1.29, 1.82) is 0 Å². The first kappa shape index (κ1) is 16.7. The Morgan fingerprint density at radius 2 is 1.86 bits per heavy atom. The smallest absolute Gasteiger partial charge is 0.119 e. The summed E-state index contributed by atoms with van der Waals surface area (Å²) >= 11 is 0. The van der Waals surface area contributed by atoms with Gasteiger partial charge in [-0.05, 0) is 43.2 Å². The van der Waals surface area contributed by atoms with Crippen molar-refractivity contribution in [2.24, 2.45) is 0 Å². The Labute approximate surface area is 133 Å². The molecule has 22 heavy (non-hydrogen) atoms. The minimum atomic E-state index is 0.105. The third-order valence-corrected chi connectivity index (χ3v) is 4.32. The van der Waals surface area contributed by atoms with Gasteiger partial charge >= 0.3 is 0 Å². The molecule has 0 bridgehead atoms. The molecule has 0 saturated heterocycles. The first-order valence-corrected chi connectivity index (χ1v) is 8.22. The number of aryl methyl sites for hydroxylation is 1. The van der Waals surface area contributed by atoms with Crippen molar-refractivity contribution in [3.63, 3.8) is 0 Å². The second-order valence-electron chi connectivity index (χ2n) is 4.78. The number of benzene rings is 2. The fourth-order valence-electron chi connectivity index (χ4n) is 1.96. The van der Waals surface area contributed by atoms with E-state index < -0.39 is 0 Å². The van der Waals surface area contributed by atoms with Gasteiger partial charge in [-0.25, -0.2) is 0 Å². The van der Waals surface area contributed by atoms with Crippen LogP contribution in [0, 0.1) is 6.92 Å². The normalized spacial score (nSPS) is 11.5. The molecule has 0 heterocycles. The maximum atomic E-state index is 12.2. The van der Waals surface area contributed by atoms with E-state index in [4.69, 9.17) is 9.47 Å². The molecule has 0 aliphatic carbocycles. The lowest BCUT2D eigenvalue weighted by Gasteiger charge is -2.13. The quantitative estimate of drug-likeness (QED) is 0.582. The predicted octanol–water partition coefficient (Wildman–Crippen LogP) is 2.52. The van der Waals surface area contributed by atoms with Gasteiger partial charge in [0.1, 0.15) is 12.4 Å². The van der Waals surface area contributed by atoms with Gasteiger partial charge in [-0.2, -0.15) is 0 Å². The maximum Gasteiger partial charge on any atom is 0.119 e. The summed E-state index contributed by atoms with van der Waals surface area (Å²) < 4.78 is 10.9. The molecule has 2 rings (SSSR count). The third-order valence-electron chi connectivity index (χ3n) is 3.11. The van der Waals surface area contributed by atoms with Crippen LogP contribution in [-0.2, 0) is 4.74 Å². The van der Waals surface area contributed by atoms with Crippen LogP contribution in [0.5, 0.6) is 5.75 Å². The van der Waals surface area contributed by atoms with Crippen LogP contribution in [0.4, 0.5) is 0 Å². The van der Waals surface area contributed by atoms with E-state index in [1.54, 1.807) is 0 Å². The molecule has 0 fully saturated rings. The van der Waals surface area contributed by atoms with Crippen LogP contribution in [0.15, 0.2) is 48.5 Å². The topological polar surface area (TPSA) is 41.5 Å².